The molecule has 90 valence electrons. The SMILES string of the molecule is C=C(CF)O[Si](C(C)C)(C(C)C)C(C)C. The Balaban J connectivity index is 5.05. The maximum Gasteiger partial charge on any atom is 0.258 e. The largest absolute Gasteiger partial charge is 0.544 e. The molecule has 0 heterocycles. The Kier molecular flexibility index (Phi) is 5.57. The zero-order chi connectivity index (χ0) is 12.2. The first-order valence-corrected chi connectivity index (χ1v) is 7.85. The van der Waals surface area contributed by atoms with Gasteiger partial charge in [0.15, 0.2) is 0 Å². The van der Waals surface area contributed by atoms with E-state index in [0.717, 1.165) is 0 Å². The van der Waals surface area contributed by atoms with Crippen molar-refractivity contribution in [3.63, 3.8) is 0 Å². The van der Waals surface area contributed by atoms with Gasteiger partial charge in [-0.15, -0.1) is 0 Å². The lowest BCUT2D eigenvalue weighted by atomic mass is 10.5. The normalized spacial score (nSPS) is 12.7. The third-order valence-corrected chi connectivity index (χ3v) is 9.23. The highest BCUT2D eigenvalue weighted by atomic mass is 28.4. The monoisotopic (exact) mass is 232 g/mol. The molecule has 0 unspecified atom stereocenters. The minimum absolute atomic E-state index is 0.303. The lowest BCUT2D eigenvalue weighted by Crippen LogP contribution is -2.47. The molecule has 0 aliphatic carbocycles. The summed E-state index contributed by atoms with van der Waals surface area (Å²) in [5.74, 6) is 0.303. The summed E-state index contributed by atoms with van der Waals surface area (Å²) in [7, 11) is -1.95. The summed E-state index contributed by atoms with van der Waals surface area (Å²) in [5, 5.41) is 0. The molecule has 15 heavy (non-hydrogen) atoms. The molecule has 0 amide bonds. The molecule has 0 bridgehead atoms. The number of allylic oxidation sites excluding steroid dienone is 1. The minimum atomic E-state index is -1.95. The number of hydrogen-bond acceptors (Lipinski definition) is 1. The van der Waals surface area contributed by atoms with Gasteiger partial charge in [0.25, 0.3) is 8.32 Å². The average Bonchev–Trinajstić information content (AvgIpc) is 2.11. The maximum atomic E-state index is 12.5. The van der Waals surface area contributed by atoms with Crippen molar-refractivity contribution < 1.29 is 8.82 Å². The number of halogens is 1. The third-order valence-electron chi connectivity index (χ3n) is 3.18. The molecular weight excluding hydrogens is 207 g/mol. The van der Waals surface area contributed by atoms with Crippen molar-refractivity contribution >= 4 is 8.32 Å². The predicted molar refractivity (Wildman–Crippen MR) is 67.2 cm³/mol. The molecule has 0 aliphatic heterocycles. The van der Waals surface area contributed by atoms with Crippen LogP contribution in [0.5, 0.6) is 0 Å². The Morgan fingerprint density at radius 2 is 1.40 bits per heavy atom. The molecule has 0 saturated heterocycles. The van der Waals surface area contributed by atoms with E-state index in [1.165, 1.54) is 0 Å². The molecule has 0 aliphatic rings. The molecular formula is C12H25FOSi. The van der Waals surface area contributed by atoms with Gasteiger partial charge in [0.1, 0.15) is 12.4 Å². The number of rotatable bonds is 6. The lowest BCUT2D eigenvalue weighted by Gasteiger charge is -2.42. The predicted octanol–water partition coefficient (Wildman–Crippen LogP) is 4.66. The molecule has 0 aromatic carbocycles. The van der Waals surface area contributed by atoms with Crippen molar-refractivity contribution in [1.82, 2.24) is 0 Å². The van der Waals surface area contributed by atoms with Crippen molar-refractivity contribution in [2.24, 2.45) is 0 Å². The Labute approximate surface area is 94.8 Å². The Hall–Kier alpha value is -0.313. The fourth-order valence-electron chi connectivity index (χ4n) is 2.63. The fourth-order valence-corrected chi connectivity index (χ4v) is 7.89. The van der Waals surface area contributed by atoms with Crippen LogP contribution in [-0.2, 0) is 4.43 Å². The molecule has 0 spiro atoms. The first kappa shape index (κ1) is 14.7. The summed E-state index contributed by atoms with van der Waals surface area (Å²) < 4.78 is 18.4. The van der Waals surface area contributed by atoms with Gasteiger partial charge >= 0.3 is 0 Å². The van der Waals surface area contributed by atoms with E-state index < -0.39 is 15.0 Å². The van der Waals surface area contributed by atoms with Crippen LogP contribution in [0.2, 0.25) is 16.6 Å². The van der Waals surface area contributed by atoms with Gasteiger partial charge in [-0.1, -0.05) is 48.1 Å². The quantitative estimate of drug-likeness (QED) is 0.478. The molecule has 1 nitrogen and oxygen atoms in total. The van der Waals surface area contributed by atoms with Crippen LogP contribution in [-0.4, -0.2) is 15.0 Å². The van der Waals surface area contributed by atoms with E-state index >= 15 is 0 Å². The number of alkyl halides is 1. The zero-order valence-electron chi connectivity index (χ0n) is 10.9. The van der Waals surface area contributed by atoms with Crippen LogP contribution in [0.1, 0.15) is 41.5 Å². The summed E-state index contributed by atoms with van der Waals surface area (Å²) in [5.41, 5.74) is 1.42. The Morgan fingerprint density at radius 3 is 1.60 bits per heavy atom. The second-order valence-corrected chi connectivity index (χ2v) is 10.5. The van der Waals surface area contributed by atoms with Gasteiger partial charge in [0.05, 0.1) is 0 Å². The molecule has 0 aromatic rings. The smallest absolute Gasteiger partial charge is 0.258 e. The average molecular weight is 232 g/mol. The van der Waals surface area contributed by atoms with E-state index in [9.17, 15) is 4.39 Å². The second-order valence-electron chi connectivity index (χ2n) is 5.09. The van der Waals surface area contributed by atoms with Crippen LogP contribution in [0.4, 0.5) is 4.39 Å². The van der Waals surface area contributed by atoms with Crippen LogP contribution >= 0.6 is 0 Å². The van der Waals surface area contributed by atoms with Crippen molar-refractivity contribution in [3.05, 3.63) is 12.3 Å². The third kappa shape index (κ3) is 3.07. The Morgan fingerprint density at radius 1 is 1.07 bits per heavy atom. The highest BCUT2D eigenvalue weighted by Gasteiger charge is 2.47. The van der Waals surface area contributed by atoms with E-state index in [1.807, 2.05) is 0 Å². The molecule has 0 aromatic heterocycles. The first-order chi connectivity index (χ1) is 6.78. The summed E-state index contributed by atoms with van der Waals surface area (Å²) in [6, 6.07) is 0. The molecule has 3 heteroatoms. The van der Waals surface area contributed by atoms with Gasteiger partial charge in [-0.3, -0.25) is 0 Å². The summed E-state index contributed by atoms with van der Waals surface area (Å²) >= 11 is 0. The minimum Gasteiger partial charge on any atom is -0.544 e. The molecule has 0 N–H and O–H groups in total. The highest BCUT2D eigenvalue weighted by Crippen LogP contribution is 2.43. The molecule has 0 atom stereocenters. The van der Waals surface area contributed by atoms with Crippen LogP contribution < -0.4 is 0 Å². The molecule has 0 fully saturated rings. The van der Waals surface area contributed by atoms with Crippen molar-refractivity contribution in [2.45, 2.75) is 58.2 Å². The number of hydrogen-bond donors (Lipinski definition) is 0. The Bertz CT molecular complexity index is 190. The molecule has 0 saturated carbocycles. The van der Waals surface area contributed by atoms with Crippen LogP contribution in [0.3, 0.4) is 0 Å². The van der Waals surface area contributed by atoms with E-state index in [2.05, 4.69) is 48.1 Å². The van der Waals surface area contributed by atoms with E-state index in [0.29, 0.717) is 22.4 Å². The van der Waals surface area contributed by atoms with Crippen LogP contribution in [0.15, 0.2) is 12.3 Å². The standard InChI is InChI=1S/C12H25FOSi/c1-9(2)15(10(3)4,11(5)6)14-12(7)8-13/h9-11H,7-8H2,1-6H3. The van der Waals surface area contributed by atoms with Crippen molar-refractivity contribution in [1.29, 1.82) is 0 Å². The zero-order valence-corrected chi connectivity index (χ0v) is 11.9. The summed E-state index contributed by atoms with van der Waals surface area (Å²) in [6.45, 7) is 16.1. The molecule has 0 rings (SSSR count). The van der Waals surface area contributed by atoms with Gasteiger partial charge in [-0.2, -0.15) is 0 Å². The van der Waals surface area contributed by atoms with Gasteiger partial charge in [-0.25, -0.2) is 4.39 Å². The first-order valence-electron chi connectivity index (χ1n) is 5.71. The highest BCUT2D eigenvalue weighted by molar-refractivity contribution is 6.77. The van der Waals surface area contributed by atoms with Gasteiger partial charge in [0, 0.05) is 0 Å². The van der Waals surface area contributed by atoms with E-state index in [4.69, 9.17) is 4.43 Å². The second kappa shape index (κ2) is 5.68. The topological polar surface area (TPSA) is 9.23 Å². The van der Waals surface area contributed by atoms with E-state index in [1.54, 1.807) is 0 Å². The van der Waals surface area contributed by atoms with Gasteiger partial charge in [-0.05, 0) is 16.6 Å². The summed E-state index contributed by atoms with van der Waals surface area (Å²) in [4.78, 5) is 0. The van der Waals surface area contributed by atoms with Gasteiger partial charge in [0.2, 0.25) is 0 Å². The van der Waals surface area contributed by atoms with Crippen molar-refractivity contribution in [3.8, 4) is 0 Å². The van der Waals surface area contributed by atoms with Crippen LogP contribution in [0, 0.1) is 0 Å². The van der Waals surface area contributed by atoms with Crippen LogP contribution in [0.25, 0.3) is 0 Å². The fraction of sp³-hybridized carbons (Fsp3) is 0.833. The lowest BCUT2D eigenvalue weighted by molar-refractivity contribution is 0.326. The van der Waals surface area contributed by atoms with E-state index in [-0.39, 0.29) is 0 Å². The summed E-state index contributed by atoms with van der Waals surface area (Å²) in [6.07, 6.45) is 0. The maximum absolute atomic E-state index is 12.5. The van der Waals surface area contributed by atoms with Crippen molar-refractivity contribution in [2.75, 3.05) is 6.67 Å². The molecule has 0 radical (unpaired) electrons. The van der Waals surface area contributed by atoms with Gasteiger partial charge < -0.3 is 4.43 Å².